The molecule has 1 rings (SSSR count). The Labute approximate surface area is 191 Å². The highest BCUT2D eigenvalue weighted by molar-refractivity contribution is 4.88. The number of ether oxygens (including phenoxy) is 2. The van der Waals surface area contributed by atoms with Crippen molar-refractivity contribution in [1.82, 2.24) is 0 Å². The van der Waals surface area contributed by atoms with E-state index in [1.54, 1.807) is 0 Å². The van der Waals surface area contributed by atoms with Gasteiger partial charge in [0, 0.05) is 6.61 Å². The van der Waals surface area contributed by atoms with Crippen molar-refractivity contribution in [2.45, 2.75) is 134 Å². The van der Waals surface area contributed by atoms with Gasteiger partial charge in [0.1, 0.15) is 24.4 Å². The summed E-state index contributed by atoms with van der Waals surface area (Å²) in [5.41, 5.74) is 0. The summed E-state index contributed by atoms with van der Waals surface area (Å²) in [4.78, 5) is 0. The van der Waals surface area contributed by atoms with Gasteiger partial charge in [-0.05, 0) is 32.1 Å². The number of aliphatic hydroxyl groups excluding tert-OH is 3. The second-order valence-electron chi connectivity index (χ2n) is 9.09. The molecule has 0 aromatic carbocycles. The van der Waals surface area contributed by atoms with Crippen molar-refractivity contribution >= 4 is 0 Å². The number of hydrogen-bond acceptors (Lipinski definition) is 5. The van der Waals surface area contributed by atoms with Crippen LogP contribution in [0.5, 0.6) is 0 Å². The van der Waals surface area contributed by atoms with Crippen molar-refractivity contribution in [2.24, 2.45) is 0 Å². The third-order valence-corrected chi connectivity index (χ3v) is 6.22. The van der Waals surface area contributed by atoms with Crippen LogP contribution in [0.3, 0.4) is 0 Å². The predicted octanol–water partition coefficient (Wildman–Crippen LogP) is 5.30. The summed E-state index contributed by atoms with van der Waals surface area (Å²) in [5.74, 6) is 0. The fourth-order valence-electron chi connectivity index (χ4n) is 4.14. The van der Waals surface area contributed by atoms with E-state index in [1.165, 1.54) is 89.9 Å². The van der Waals surface area contributed by atoms with Crippen LogP contribution in [0.4, 0.5) is 0 Å². The number of rotatable bonds is 21. The Morgan fingerprint density at radius 2 is 1.35 bits per heavy atom. The predicted molar refractivity (Wildman–Crippen MR) is 127 cm³/mol. The van der Waals surface area contributed by atoms with Crippen LogP contribution in [0.25, 0.3) is 0 Å². The minimum absolute atomic E-state index is 0.272. The second-order valence-corrected chi connectivity index (χ2v) is 9.09. The zero-order valence-corrected chi connectivity index (χ0v) is 20.1. The minimum Gasteiger partial charge on any atom is -0.394 e. The molecule has 184 valence electrons. The molecule has 0 aromatic heterocycles. The lowest BCUT2D eigenvalue weighted by atomic mass is 10.1. The Morgan fingerprint density at radius 1 is 0.839 bits per heavy atom. The first kappa shape index (κ1) is 28.6. The molecule has 1 fully saturated rings. The van der Waals surface area contributed by atoms with E-state index in [9.17, 15) is 10.2 Å². The van der Waals surface area contributed by atoms with E-state index in [-0.39, 0.29) is 6.61 Å². The summed E-state index contributed by atoms with van der Waals surface area (Å²) in [6, 6.07) is 0. The van der Waals surface area contributed by atoms with Gasteiger partial charge in [-0.1, -0.05) is 89.7 Å². The summed E-state index contributed by atoms with van der Waals surface area (Å²) in [7, 11) is 0. The molecule has 1 saturated heterocycles. The molecule has 1 aliphatic rings. The van der Waals surface area contributed by atoms with Crippen molar-refractivity contribution in [3.63, 3.8) is 0 Å². The molecule has 1 heterocycles. The first-order chi connectivity index (χ1) is 15.2. The summed E-state index contributed by atoms with van der Waals surface area (Å²) in [5, 5.41) is 28.6. The lowest BCUT2D eigenvalue weighted by Gasteiger charge is -2.20. The molecule has 5 heteroatoms. The van der Waals surface area contributed by atoms with Crippen LogP contribution in [0.2, 0.25) is 0 Å². The molecule has 3 N–H and O–H groups in total. The van der Waals surface area contributed by atoms with Crippen LogP contribution in [0, 0.1) is 0 Å². The van der Waals surface area contributed by atoms with Gasteiger partial charge in [-0.15, -0.1) is 0 Å². The molecular formula is C26H50O5. The molecule has 0 radical (unpaired) electrons. The quantitative estimate of drug-likeness (QED) is 0.166. The largest absolute Gasteiger partial charge is 0.394 e. The maximum Gasteiger partial charge on any atom is 0.114 e. The first-order valence-electron chi connectivity index (χ1n) is 13.1. The van der Waals surface area contributed by atoms with E-state index in [2.05, 4.69) is 19.1 Å². The molecule has 0 spiro atoms. The molecular weight excluding hydrogens is 392 g/mol. The number of unbranched alkanes of at least 4 members (excludes halogenated alkanes) is 14. The number of hydrogen-bond donors (Lipinski definition) is 3. The van der Waals surface area contributed by atoms with Gasteiger partial charge < -0.3 is 24.8 Å². The topological polar surface area (TPSA) is 79.2 Å². The van der Waals surface area contributed by atoms with Crippen molar-refractivity contribution < 1.29 is 24.8 Å². The minimum atomic E-state index is -1.05. The highest BCUT2D eigenvalue weighted by atomic mass is 16.6. The van der Waals surface area contributed by atoms with E-state index in [4.69, 9.17) is 14.6 Å². The van der Waals surface area contributed by atoms with Crippen molar-refractivity contribution in [2.75, 3.05) is 19.8 Å². The zero-order valence-electron chi connectivity index (χ0n) is 20.1. The average molecular weight is 443 g/mol. The number of allylic oxidation sites excluding steroid dienone is 2. The molecule has 0 aromatic rings. The SMILES string of the molecule is CCCCCCCCCCC/C=C/CCCCCCCO[C@H]1CO[C@H]([C@H](O)CO)[C@@H]1O. The Kier molecular flexibility index (Phi) is 18.6. The molecule has 0 aliphatic carbocycles. The van der Waals surface area contributed by atoms with Gasteiger partial charge in [-0.25, -0.2) is 0 Å². The van der Waals surface area contributed by atoms with E-state index < -0.39 is 31.0 Å². The zero-order chi connectivity index (χ0) is 22.6. The summed E-state index contributed by atoms with van der Waals surface area (Å²) in [6.07, 6.45) is 22.5. The second kappa shape index (κ2) is 20.2. The smallest absolute Gasteiger partial charge is 0.114 e. The Balaban J connectivity index is 1.81. The molecule has 4 atom stereocenters. The maximum atomic E-state index is 10.1. The third-order valence-electron chi connectivity index (χ3n) is 6.22. The van der Waals surface area contributed by atoms with Crippen LogP contribution >= 0.6 is 0 Å². The third kappa shape index (κ3) is 14.3. The van der Waals surface area contributed by atoms with E-state index >= 15 is 0 Å². The van der Waals surface area contributed by atoms with Gasteiger partial charge in [0.15, 0.2) is 0 Å². The monoisotopic (exact) mass is 442 g/mol. The molecule has 0 unspecified atom stereocenters. The highest BCUT2D eigenvalue weighted by Gasteiger charge is 2.40. The van der Waals surface area contributed by atoms with Gasteiger partial charge in [-0.2, -0.15) is 0 Å². The molecule has 5 nitrogen and oxygen atoms in total. The van der Waals surface area contributed by atoms with E-state index in [0.29, 0.717) is 6.61 Å². The van der Waals surface area contributed by atoms with Gasteiger partial charge in [-0.3, -0.25) is 0 Å². The Morgan fingerprint density at radius 3 is 1.90 bits per heavy atom. The summed E-state index contributed by atoms with van der Waals surface area (Å²) < 4.78 is 11.0. The van der Waals surface area contributed by atoms with Crippen molar-refractivity contribution in [3.8, 4) is 0 Å². The van der Waals surface area contributed by atoms with Crippen LogP contribution in [0.1, 0.15) is 110 Å². The van der Waals surface area contributed by atoms with Crippen LogP contribution in [-0.2, 0) is 9.47 Å². The number of aliphatic hydroxyl groups is 3. The van der Waals surface area contributed by atoms with Crippen molar-refractivity contribution in [1.29, 1.82) is 0 Å². The van der Waals surface area contributed by atoms with Gasteiger partial charge in [0.2, 0.25) is 0 Å². The van der Waals surface area contributed by atoms with Crippen LogP contribution < -0.4 is 0 Å². The standard InChI is InChI=1S/C26H50O5/c1-2-3-4-5-6-7-8-9-10-11-12-13-14-15-16-17-18-19-20-30-24-22-31-26(25(24)29)23(28)21-27/h12-13,23-29H,2-11,14-22H2,1H3/b13-12+/t23-,24+,25-,26-/m1/s1. The summed E-state index contributed by atoms with van der Waals surface area (Å²) in [6.45, 7) is 2.73. The first-order valence-corrected chi connectivity index (χ1v) is 13.1. The van der Waals surface area contributed by atoms with E-state index in [0.717, 1.165) is 12.8 Å². The molecule has 0 amide bonds. The lowest BCUT2D eigenvalue weighted by molar-refractivity contribution is -0.0730. The Bertz CT molecular complexity index is 415. The van der Waals surface area contributed by atoms with Crippen LogP contribution in [0.15, 0.2) is 12.2 Å². The molecule has 0 saturated carbocycles. The Hall–Kier alpha value is -0.460. The van der Waals surface area contributed by atoms with Gasteiger partial charge in [0.05, 0.1) is 13.2 Å². The van der Waals surface area contributed by atoms with Crippen LogP contribution in [-0.4, -0.2) is 59.6 Å². The highest BCUT2D eigenvalue weighted by Crippen LogP contribution is 2.20. The van der Waals surface area contributed by atoms with E-state index in [1.807, 2.05) is 0 Å². The molecule has 1 aliphatic heterocycles. The van der Waals surface area contributed by atoms with Crippen molar-refractivity contribution in [3.05, 3.63) is 12.2 Å². The molecule has 0 bridgehead atoms. The molecule has 31 heavy (non-hydrogen) atoms. The fourth-order valence-corrected chi connectivity index (χ4v) is 4.14. The average Bonchev–Trinajstić information content (AvgIpc) is 3.15. The summed E-state index contributed by atoms with van der Waals surface area (Å²) >= 11 is 0. The normalized spacial score (nSPS) is 22.5. The van der Waals surface area contributed by atoms with Gasteiger partial charge >= 0.3 is 0 Å². The lowest BCUT2D eigenvalue weighted by Crippen LogP contribution is -2.41. The van der Waals surface area contributed by atoms with Gasteiger partial charge in [0.25, 0.3) is 0 Å². The maximum absolute atomic E-state index is 10.1. The fraction of sp³-hybridized carbons (Fsp3) is 0.923.